The molecule has 113 heavy (non-hydrogen) atoms. The van der Waals surface area contributed by atoms with Crippen LogP contribution < -0.4 is 40.4 Å². The fourth-order valence-electron chi connectivity index (χ4n) is 12.3. The molecule has 0 N–H and O–H groups in total. The maximum absolute atomic E-state index is 13.3. The van der Waals surface area contributed by atoms with Gasteiger partial charge in [-0.2, -0.15) is 38.0 Å². The van der Waals surface area contributed by atoms with E-state index in [1.54, 1.807) is 86.9 Å². The molecular weight excluding hydrogens is 1530 g/mol. The van der Waals surface area contributed by atoms with E-state index in [9.17, 15) is 41.5 Å². The molecule has 20 rings (SSSR count). The molecule has 0 saturated heterocycles. The lowest BCUT2D eigenvalue weighted by molar-refractivity contribution is -0.115. The molecule has 0 atom stereocenters. The van der Waals surface area contributed by atoms with E-state index >= 15 is 0 Å². The summed E-state index contributed by atoms with van der Waals surface area (Å²) in [6, 6.07) is 55.1. The van der Waals surface area contributed by atoms with Crippen molar-refractivity contribution in [1.29, 1.82) is 0 Å². The van der Waals surface area contributed by atoms with Gasteiger partial charge in [-0.25, -0.2) is 17.6 Å². The molecule has 0 aliphatic rings. The molecule has 1 amide bonds. The monoisotopic (exact) mass is 1580 g/mol. The topological polar surface area (TPSA) is 262 Å². The van der Waals surface area contributed by atoms with Crippen LogP contribution in [0, 0.1) is 51.0 Å². The predicted octanol–water partition coefficient (Wildman–Crippen LogP) is 13.9. The first kappa shape index (κ1) is 73.3. The number of para-hydroxylation sites is 4. The number of nitrogens with zero attached hydrogens (tertiary/aromatic N) is 13. The molecule has 0 fully saturated rings. The molecule has 8 aromatic carbocycles. The smallest absolute Gasteiger partial charge is 0.291 e. The highest BCUT2D eigenvalue weighted by atomic mass is 32.1. The normalized spacial score (nSPS) is 12.2. The fourth-order valence-corrected chi connectivity index (χ4v) is 15.9. The zero-order chi connectivity index (χ0) is 78.5. The van der Waals surface area contributed by atoms with Crippen LogP contribution in [0.5, 0.6) is 0 Å². The first-order valence-electron chi connectivity index (χ1n) is 34.4. The first-order chi connectivity index (χ1) is 54.7. The minimum absolute atomic E-state index is 0.285. The summed E-state index contributed by atoms with van der Waals surface area (Å²) in [5.41, 5.74) is 8.07. The van der Waals surface area contributed by atoms with E-state index in [-0.39, 0.29) is 45.5 Å². The number of halogens is 4. The molecule has 0 aliphatic heterocycles. The Kier molecular flexibility index (Phi) is 19.8. The summed E-state index contributed by atoms with van der Waals surface area (Å²) in [6.07, 6.45) is 7.30. The number of carbonyl (C=O) groups is 1. The highest BCUT2D eigenvalue weighted by Crippen LogP contribution is 2.36. The lowest BCUT2D eigenvalue weighted by atomic mass is 10.1. The summed E-state index contributed by atoms with van der Waals surface area (Å²) in [4.78, 5) is 81.1. The van der Waals surface area contributed by atoms with Crippen LogP contribution in [0.1, 0.15) is 44.5 Å². The van der Waals surface area contributed by atoms with Crippen molar-refractivity contribution in [3.8, 4) is 46.3 Å². The molecule has 558 valence electrons. The van der Waals surface area contributed by atoms with Gasteiger partial charge in [-0.1, -0.05) is 167 Å². The molecule has 12 aromatic heterocycles. The largest absolute Gasteiger partial charge is 0.452 e. The fraction of sp³-hybridized carbons (Fsp3) is 0.0723. The number of carbonyl (C=O) groups excluding carboxylic acids is 1. The van der Waals surface area contributed by atoms with E-state index in [1.807, 2.05) is 125 Å². The van der Waals surface area contributed by atoms with Crippen molar-refractivity contribution in [2.24, 2.45) is 0 Å². The molecule has 30 heteroatoms. The molecule has 0 radical (unpaired) electrons. The summed E-state index contributed by atoms with van der Waals surface area (Å²) < 4.78 is 83.7. The van der Waals surface area contributed by atoms with Gasteiger partial charge in [-0.05, 0) is 147 Å². The number of hydrogen-bond acceptors (Lipinski definition) is 21. The maximum Gasteiger partial charge on any atom is 0.291 e. The van der Waals surface area contributed by atoms with Gasteiger partial charge in [0.2, 0.25) is 49.6 Å². The average molecular weight is 1580 g/mol. The Morgan fingerprint density at radius 1 is 0.327 bits per heavy atom. The molecule has 22 nitrogen and oxygen atoms in total. The molecule has 0 saturated carbocycles. The van der Waals surface area contributed by atoms with Crippen molar-refractivity contribution < 1.29 is 40.0 Å². The Labute approximate surface area is 648 Å². The van der Waals surface area contributed by atoms with Gasteiger partial charge in [0.1, 0.15) is 45.6 Å². The Balaban J connectivity index is 0.000000111. The molecule has 20 aromatic rings. The van der Waals surface area contributed by atoms with Gasteiger partial charge in [0.15, 0.2) is 23.0 Å². The summed E-state index contributed by atoms with van der Waals surface area (Å²) in [5, 5.41) is 21.3. The summed E-state index contributed by atoms with van der Waals surface area (Å²) in [5.74, 6) is 2.35. The molecule has 0 unspecified atom stereocenters. The van der Waals surface area contributed by atoms with Crippen molar-refractivity contribution >= 4 is 140 Å². The van der Waals surface area contributed by atoms with Crippen molar-refractivity contribution in [3.63, 3.8) is 0 Å². The van der Waals surface area contributed by atoms with Crippen molar-refractivity contribution in [3.05, 3.63) is 321 Å². The number of thiazole rings is 4. The third-order valence-corrected chi connectivity index (χ3v) is 21.5. The number of amides is 1. The standard InChI is InChI=1S/4C20H12FN3O2S.C3H7NO/c4*1-11-14-7-2-3-8-15(14)26-17(11)18-22-20-24(23-18)19(25)16(27-20)10-12-5-4-6-13(21)9-12;1-4(2)3-5/h4*2-10H,1H3;3H,1-2H3/b4*16-10-;. The van der Waals surface area contributed by atoms with Gasteiger partial charge < -0.3 is 22.6 Å². The van der Waals surface area contributed by atoms with Gasteiger partial charge in [-0.15, -0.1) is 20.4 Å². The lowest BCUT2D eigenvalue weighted by Crippen LogP contribution is -2.23. The van der Waals surface area contributed by atoms with Crippen LogP contribution in [0.4, 0.5) is 17.6 Å². The van der Waals surface area contributed by atoms with Crippen molar-refractivity contribution in [1.82, 2.24) is 63.3 Å². The Hall–Kier alpha value is -13.8. The van der Waals surface area contributed by atoms with E-state index in [0.717, 1.165) is 72.5 Å². The maximum atomic E-state index is 13.3. The van der Waals surface area contributed by atoms with E-state index in [1.165, 1.54) is 117 Å². The zero-order valence-electron chi connectivity index (χ0n) is 60.0. The van der Waals surface area contributed by atoms with E-state index in [4.69, 9.17) is 17.7 Å². The minimum atomic E-state index is -0.349. The number of benzene rings is 8. The van der Waals surface area contributed by atoms with E-state index < -0.39 is 0 Å². The summed E-state index contributed by atoms with van der Waals surface area (Å²) in [6.45, 7) is 7.77. The van der Waals surface area contributed by atoms with Gasteiger partial charge in [0.25, 0.3) is 22.2 Å². The van der Waals surface area contributed by atoms with Gasteiger partial charge in [-0.3, -0.25) is 24.0 Å². The summed E-state index contributed by atoms with van der Waals surface area (Å²) in [7, 11) is 3.38. The molecular formula is C83H55F4N13O9S4. The number of aryl methyl sites for hydroxylation is 4. The summed E-state index contributed by atoms with van der Waals surface area (Å²) >= 11 is 4.84. The second-order valence-electron chi connectivity index (χ2n) is 25.7. The van der Waals surface area contributed by atoms with Crippen molar-refractivity contribution in [2.45, 2.75) is 27.7 Å². The Morgan fingerprint density at radius 2 is 0.540 bits per heavy atom. The SMILES string of the molecule is CN(C)C=O.Cc1c(-c2nc3s/c(=C\c4cccc(F)c4)c(=O)n3n2)oc2ccccc12.Cc1c(-c2nc3s/c(=C\c4cccc(F)c4)c(=O)n3n2)oc2ccccc12.Cc1c(-c2nc3s/c(=C\c4cccc(F)c4)c(=O)n3n2)oc2ccccc12.Cc1c(-c2nc3s/c(=C\c4cccc(F)c4)c(=O)n3n2)oc2ccccc12. The number of hydrogen-bond donors (Lipinski definition) is 0. The second-order valence-corrected chi connectivity index (χ2v) is 29.7. The third kappa shape index (κ3) is 14.7. The lowest BCUT2D eigenvalue weighted by Gasteiger charge is -1.93. The number of rotatable bonds is 9. The van der Waals surface area contributed by atoms with Crippen LogP contribution in [0.2, 0.25) is 0 Å². The minimum Gasteiger partial charge on any atom is -0.452 e. The quantitative estimate of drug-likeness (QED) is 0.0960. The van der Waals surface area contributed by atoms with Crippen LogP contribution in [0.15, 0.2) is 231 Å². The van der Waals surface area contributed by atoms with E-state index in [2.05, 4.69) is 40.3 Å². The third-order valence-electron chi connectivity index (χ3n) is 17.7. The molecule has 0 spiro atoms. The van der Waals surface area contributed by atoms with Gasteiger partial charge in [0.05, 0.1) is 18.1 Å². The van der Waals surface area contributed by atoms with Crippen LogP contribution in [0.25, 0.3) is 134 Å². The molecule has 0 aliphatic carbocycles. The molecule has 0 bridgehead atoms. The highest BCUT2D eigenvalue weighted by molar-refractivity contribution is 7.16. The van der Waals surface area contributed by atoms with Crippen LogP contribution in [0.3, 0.4) is 0 Å². The molecule has 12 heterocycles. The first-order valence-corrected chi connectivity index (χ1v) is 37.7. The second kappa shape index (κ2) is 30.6. The Bertz CT molecular complexity index is 6730. The van der Waals surface area contributed by atoms with Crippen LogP contribution in [-0.2, 0) is 4.79 Å². The van der Waals surface area contributed by atoms with Gasteiger partial charge in [0, 0.05) is 57.9 Å². The number of fused-ring (bicyclic) bond motifs is 8. The zero-order valence-corrected chi connectivity index (χ0v) is 63.3. The Morgan fingerprint density at radius 3 is 0.726 bits per heavy atom. The van der Waals surface area contributed by atoms with E-state index in [0.29, 0.717) is 107 Å². The van der Waals surface area contributed by atoms with Crippen LogP contribution in [-0.4, -0.2) is 83.8 Å². The van der Waals surface area contributed by atoms with Crippen molar-refractivity contribution in [2.75, 3.05) is 14.1 Å². The number of aromatic nitrogens is 12. The van der Waals surface area contributed by atoms with Gasteiger partial charge >= 0.3 is 0 Å². The van der Waals surface area contributed by atoms with Crippen LogP contribution >= 0.6 is 45.3 Å². The average Bonchev–Trinajstić information content (AvgIpc) is 1.62. The highest BCUT2D eigenvalue weighted by Gasteiger charge is 2.24. The predicted molar refractivity (Wildman–Crippen MR) is 429 cm³/mol. The number of furan rings is 4.